The molecule has 58 heavy (non-hydrogen) atoms. The van der Waals surface area contributed by atoms with E-state index in [0.717, 1.165) is 58.5 Å². The molecule has 2 saturated carbocycles. The quantitative estimate of drug-likeness (QED) is 0.141. The first-order chi connectivity index (χ1) is 28.2. The topological polar surface area (TPSA) is 160 Å². The number of carbonyl (C=O) groups excluding carboxylic acids is 3. The molecular formula is C45H51N7O6. The van der Waals surface area contributed by atoms with Gasteiger partial charge in [0.2, 0.25) is 11.8 Å². The van der Waals surface area contributed by atoms with Gasteiger partial charge in [0.25, 0.3) is 0 Å². The molecule has 2 aliphatic carbocycles. The zero-order valence-electron chi connectivity index (χ0n) is 33.4. The molecule has 8 atom stereocenters. The summed E-state index contributed by atoms with van der Waals surface area (Å²) in [5, 5.41) is 5.83. The van der Waals surface area contributed by atoms with Gasteiger partial charge in [-0.3, -0.25) is 19.6 Å². The second-order valence-electron chi connectivity index (χ2n) is 15.9. The van der Waals surface area contributed by atoms with Crippen molar-refractivity contribution in [1.29, 1.82) is 0 Å². The Kier molecular flexibility index (Phi) is 11.5. The number of likely N-dealkylation sites (tertiary alicyclic amines) is 1. The molecule has 8 rings (SSSR count). The molecule has 2 unspecified atom stereocenters. The Morgan fingerprint density at radius 2 is 1.64 bits per heavy atom. The number of aromatic nitrogens is 3. The minimum absolute atomic E-state index is 0.0233. The van der Waals surface area contributed by atoms with E-state index in [-0.39, 0.29) is 35.8 Å². The van der Waals surface area contributed by atoms with Crippen molar-refractivity contribution >= 4 is 29.2 Å². The fourth-order valence-electron chi connectivity index (χ4n) is 9.51. The van der Waals surface area contributed by atoms with Crippen LogP contribution in [0, 0.1) is 23.7 Å². The van der Waals surface area contributed by atoms with Crippen LogP contribution in [0.3, 0.4) is 0 Å². The Hall–Kier alpha value is -5.66. The highest BCUT2D eigenvalue weighted by Gasteiger charge is 2.52. The molecule has 0 radical (unpaired) electrons. The number of ether oxygens (including phenoxy) is 3. The molecule has 2 aromatic carbocycles. The van der Waals surface area contributed by atoms with Crippen molar-refractivity contribution in [2.75, 3.05) is 27.9 Å². The summed E-state index contributed by atoms with van der Waals surface area (Å²) in [5.74, 6) is 1.60. The van der Waals surface area contributed by atoms with Crippen LogP contribution in [0.1, 0.15) is 62.0 Å². The minimum Gasteiger partial charge on any atom is -0.453 e. The van der Waals surface area contributed by atoms with Crippen molar-refractivity contribution in [1.82, 2.24) is 30.5 Å². The Morgan fingerprint density at radius 1 is 0.914 bits per heavy atom. The molecule has 4 heterocycles. The second-order valence-corrected chi connectivity index (χ2v) is 15.9. The maximum absolute atomic E-state index is 13.8. The zero-order chi connectivity index (χ0) is 40.3. The fourth-order valence-corrected chi connectivity index (χ4v) is 9.51. The molecule has 2 bridgehead atoms. The lowest BCUT2D eigenvalue weighted by molar-refractivity contribution is -0.138. The number of nitrogens with one attached hydrogen (secondary N) is 3. The van der Waals surface area contributed by atoms with Gasteiger partial charge in [-0.15, -0.1) is 0 Å². The van der Waals surface area contributed by atoms with Gasteiger partial charge in [0.15, 0.2) is 0 Å². The highest BCUT2D eigenvalue weighted by atomic mass is 16.5. The fraction of sp³-hybridized carbons (Fsp3) is 0.422. The Labute approximate surface area is 338 Å². The number of aromatic amines is 1. The van der Waals surface area contributed by atoms with E-state index < -0.39 is 18.2 Å². The van der Waals surface area contributed by atoms with E-state index in [2.05, 4.69) is 69.1 Å². The molecule has 13 heteroatoms. The van der Waals surface area contributed by atoms with Crippen LogP contribution < -0.4 is 10.6 Å². The average Bonchev–Trinajstić information content (AvgIpc) is 4.13. The van der Waals surface area contributed by atoms with Gasteiger partial charge in [0, 0.05) is 76.3 Å². The van der Waals surface area contributed by atoms with Gasteiger partial charge in [0.05, 0.1) is 37.3 Å². The Bertz CT molecular complexity index is 2170. The van der Waals surface area contributed by atoms with Crippen molar-refractivity contribution in [2.45, 2.75) is 69.9 Å². The van der Waals surface area contributed by atoms with Gasteiger partial charge < -0.3 is 34.7 Å². The van der Waals surface area contributed by atoms with Gasteiger partial charge in [-0.2, -0.15) is 0 Å². The lowest BCUT2D eigenvalue weighted by atomic mass is 9.75. The van der Waals surface area contributed by atoms with Crippen LogP contribution >= 0.6 is 0 Å². The highest BCUT2D eigenvalue weighted by Crippen LogP contribution is 2.54. The zero-order valence-corrected chi connectivity index (χ0v) is 33.4. The molecule has 3 amide bonds. The predicted octanol–water partition coefficient (Wildman–Crippen LogP) is 6.35. The predicted molar refractivity (Wildman–Crippen MR) is 219 cm³/mol. The highest BCUT2D eigenvalue weighted by molar-refractivity contribution is 6.02. The summed E-state index contributed by atoms with van der Waals surface area (Å²) in [7, 11) is 4.37. The van der Waals surface area contributed by atoms with Gasteiger partial charge in [0.1, 0.15) is 11.9 Å². The number of amides is 3. The van der Waals surface area contributed by atoms with Gasteiger partial charge in [-0.25, -0.2) is 9.78 Å². The SMILES string of the molecule is COC(=O)N[C@H](C(=O)N1C[C@@H](OC)C[C@H]1c1ncc(-c2ccc(-c3ccc(C4=CN=C([C@H]5C6CCC(C6)[C@@H]5C(=O)NCc5cccnc5)C4)cc3)cc2)[nH]1)[C@@H](C)OC. The number of methoxy groups -OCH3 is 3. The first kappa shape index (κ1) is 39.2. The summed E-state index contributed by atoms with van der Waals surface area (Å²) in [5.41, 5.74) is 8.46. The van der Waals surface area contributed by atoms with Crippen LogP contribution in [0.15, 0.2) is 90.4 Å². The molecule has 4 aliphatic rings. The van der Waals surface area contributed by atoms with Crippen LogP contribution in [0.25, 0.3) is 28.0 Å². The number of nitrogens with zero attached hydrogens (tertiary/aromatic N) is 4. The van der Waals surface area contributed by atoms with Crippen molar-refractivity contribution < 1.29 is 28.6 Å². The maximum atomic E-state index is 13.8. The number of benzene rings is 2. The molecular weight excluding hydrogens is 735 g/mol. The molecule has 0 spiro atoms. The van der Waals surface area contributed by atoms with E-state index in [9.17, 15) is 14.4 Å². The third-order valence-electron chi connectivity index (χ3n) is 12.7. The van der Waals surface area contributed by atoms with Crippen LogP contribution in [0.5, 0.6) is 0 Å². The maximum Gasteiger partial charge on any atom is 0.407 e. The minimum atomic E-state index is -0.948. The van der Waals surface area contributed by atoms with E-state index in [1.165, 1.54) is 26.2 Å². The molecule has 2 aliphatic heterocycles. The lowest BCUT2D eigenvalue weighted by Gasteiger charge is -2.30. The summed E-state index contributed by atoms with van der Waals surface area (Å²) in [6.45, 7) is 2.57. The number of rotatable bonds is 13. The largest absolute Gasteiger partial charge is 0.453 e. The number of fused-ring (bicyclic) bond motifs is 2. The Morgan fingerprint density at radius 3 is 2.33 bits per heavy atom. The normalized spacial score (nSPS) is 24.6. The van der Waals surface area contributed by atoms with E-state index >= 15 is 0 Å². The molecule has 1 saturated heterocycles. The number of pyridine rings is 1. The van der Waals surface area contributed by atoms with E-state index in [0.29, 0.717) is 37.2 Å². The number of imidazole rings is 1. The van der Waals surface area contributed by atoms with Crippen LogP contribution in [-0.4, -0.2) is 89.6 Å². The number of allylic oxidation sites excluding steroid dienone is 1. The number of hydrogen-bond donors (Lipinski definition) is 3. The molecule has 3 N–H and O–H groups in total. The number of alkyl carbamates (subject to hydrolysis) is 1. The smallest absolute Gasteiger partial charge is 0.407 e. The van der Waals surface area contributed by atoms with Crippen LogP contribution in [-0.2, 0) is 30.3 Å². The number of aliphatic imine (C=N–C) groups is 1. The van der Waals surface area contributed by atoms with Crippen molar-refractivity contribution in [2.24, 2.45) is 28.7 Å². The van der Waals surface area contributed by atoms with Gasteiger partial charge >= 0.3 is 6.09 Å². The number of carbonyl (C=O) groups is 3. The van der Waals surface area contributed by atoms with Gasteiger partial charge in [-0.05, 0) is 77.5 Å². The average molecular weight is 786 g/mol. The monoisotopic (exact) mass is 785 g/mol. The first-order valence-electron chi connectivity index (χ1n) is 20.1. The molecule has 2 aromatic heterocycles. The van der Waals surface area contributed by atoms with Gasteiger partial charge in [-0.1, -0.05) is 54.6 Å². The molecule has 302 valence electrons. The van der Waals surface area contributed by atoms with Crippen molar-refractivity contribution in [3.05, 3.63) is 102 Å². The molecule has 4 aromatic rings. The lowest BCUT2D eigenvalue weighted by Crippen LogP contribution is -2.54. The summed E-state index contributed by atoms with van der Waals surface area (Å²) < 4.78 is 15.9. The standard InChI is InChI=1S/C45H51N7O6/c1-26(56-2)41(51-45(55)58-4)44(54)52-25-35(57-3)20-38(52)42-48-24-37(50-42)31-13-11-29(12-14-31)28-7-9-30(10-8-28)34-19-36(47-23-34)39-32-15-16-33(18-32)40(39)43(53)49-22-27-6-5-17-46-21-27/h5-14,17,21,23-24,26,32-33,35,38-41H,15-16,18-20,22,25H2,1-4H3,(H,48,50)(H,49,53)(H,51,55)/t26-,32?,33?,35+,38+,39-,40+,41+/m1/s1. The van der Waals surface area contributed by atoms with Crippen LogP contribution in [0.2, 0.25) is 0 Å². The number of H-pyrrole nitrogens is 1. The molecule has 13 nitrogen and oxygen atoms in total. The van der Waals surface area contributed by atoms with E-state index in [4.69, 9.17) is 24.2 Å². The second kappa shape index (κ2) is 17.1. The Balaban J connectivity index is 0.903. The number of hydrogen-bond acceptors (Lipinski definition) is 9. The molecule has 3 fully saturated rings. The van der Waals surface area contributed by atoms with Crippen molar-refractivity contribution in [3.63, 3.8) is 0 Å². The first-order valence-corrected chi connectivity index (χ1v) is 20.1. The van der Waals surface area contributed by atoms with Crippen molar-refractivity contribution in [3.8, 4) is 22.4 Å². The summed E-state index contributed by atoms with van der Waals surface area (Å²) in [6, 6.07) is 19.5. The summed E-state index contributed by atoms with van der Waals surface area (Å²) >= 11 is 0. The third kappa shape index (κ3) is 7.93. The van der Waals surface area contributed by atoms with E-state index in [1.807, 2.05) is 18.3 Å². The summed E-state index contributed by atoms with van der Waals surface area (Å²) in [4.78, 5) is 58.4. The third-order valence-corrected chi connectivity index (χ3v) is 12.7. The van der Waals surface area contributed by atoms with Crippen LogP contribution in [0.4, 0.5) is 4.79 Å². The summed E-state index contributed by atoms with van der Waals surface area (Å²) in [6.07, 6.45) is 10.6. The van der Waals surface area contributed by atoms with E-state index in [1.54, 1.807) is 37.5 Å².